The van der Waals surface area contributed by atoms with Crippen molar-refractivity contribution in [3.63, 3.8) is 0 Å². The van der Waals surface area contributed by atoms with Gasteiger partial charge >= 0.3 is 0 Å². The quantitative estimate of drug-likeness (QED) is 0.492. The van der Waals surface area contributed by atoms with Crippen molar-refractivity contribution in [1.82, 2.24) is 9.78 Å². The van der Waals surface area contributed by atoms with E-state index in [0.29, 0.717) is 16.5 Å². The van der Waals surface area contributed by atoms with Crippen molar-refractivity contribution in [2.45, 2.75) is 6.61 Å². The highest BCUT2D eigenvalue weighted by molar-refractivity contribution is 6.31. The highest BCUT2D eigenvalue weighted by Crippen LogP contribution is 2.22. The molecule has 0 N–H and O–H groups in total. The van der Waals surface area contributed by atoms with Crippen LogP contribution in [-0.2, 0) is 13.7 Å². The van der Waals surface area contributed by atoms with Gasteiger partial charge in [0.2, 0.25) is 11.8 Å². The smallest absolute Gasteiger partial charge is 0.249 e. The minimum Gasteiger partial charge on any atom is -0.472 e. The summed E-state index contributed by atoms with van der Waals surface area (Å²) in [7, 11) is 1.76. The Hall–Kier alpha value is -2.50. The van der Waals surface area contributed by atoms with Crippen molar-refractivity contribution >= 4 is 17.5 Å². The van der Waals surface area contributed by atoms with Crippen molar-refractivity contribution in [2.24, 2.45) is 12.2 Å². The number of hydrogen-bond acceptors (Lipinski definition) is 3. The molecule has 102 valence electrons. The third-order valence-corrected chi connectivity index (χ3v) is 2.89. The largest absolute Gasteiger partial charge is 0.472 e. The Kier molecular flexibility index (Phi) is 4.24. The molecule has 0 unspecified atom stereocenters. The Morgan fingerprint density at radius 3 is 3.00 bits per heavy atom. The molecule has 0 saturated heterocycles. The molecule has 1 amide bonds. The molecule has 20 heavy (non-hydrogen) atoms. The van der Waals surface area contributed by atoms with E-state index in [1.165, 1.54) is 6.07 Å². The number of ether oxygens (including phenoxy) is 1. The number of azide groups is 1. The maximum absolute atomic E-state index is 11.7. The number of hydrogen-bond donors (Lipinski definition) is 0. The fourth-order valence-electron chi connectivity index (χ4n) is 1.62. The monoisotopic (exact) mass is 291 g/mol. The van der Waals surface area contributed by atoms with Gasteiger partial charge in [-0.25, -0.2) is 0 Å². The standard InChI is InChI=1S/C12H10ClN5O2/c1-18-6-5-11(16-18)20-7-9-8(12(19)15-17-14)3-2-4-10(9)13/h2-6H,7H2,1H3. The molecule has 0 fully saturated rings. The van der Waals surface area contributed by atoms with Gasteiger partial charge in [-0.2, -0.15) is 0 Å². The second-order valence-electron chi connectivity index (χ2n) is 3.88. The van der Waals surface area contributed by atoms with Gasteiger partial charge in [0.15, 0.2) is 0 Å². The molecule has 2 aromatic rings. The summed E-state index contributed by atoms with van der Waals surface area (Å²) in [6.07, 6.45) is 1.73. The van der Waals surface area contributed by atoms with Crippen LogP contribution in [0, 0.1) is 0 Å². The van der Waals surface area contributed by atoms with E-state index in [4.69, 9.17) is 21.9 Å². The molecule has 0 spiro atoms. The third kappa shape index (κ3) is 3.09. The van der Waals surface area contributed by atoms with Crippen molar-refractivity contribution in [3.8, 4) is 5.88 Å². The number of nitrogens with zero attached hydrogens (tertiary/aromatic N) is 5. The third-order valence-electron chi connectivity index (χ3n) is 2.54. The highest BCUT2D eigenvalue weighted by Gasteiger charge is 2.14. The number of benzene rings is 1. The molecule has 1 aromatic carbocycles. The molecule has 0 aliphatic carbocycles. The van der Waals surface area contributed by atoms with E-state index in [0.717, 1.165) is 0 Å². The lowest BCUT2D eigenvalue weighted by Crippen LogP contribution is -2.05. The Labute approximate surface area is 119 Å². The van der Waals surface area contributed by atoms with Gasteiger partial charge in [-0.05, 0) is 16.7 Å². The van der Waals surface area contributed by atoms with Gasteiger partial charge in [0.05, 0.1) is 0 Å². The van der Waals surface area contributed by atoms with E-state index >= 15 is 0 Å². The summed E-state index contributed by atoms with van der Waals surface area (Å²) in [5.41, 5.74) is 9.00. The first-order chi connectivity index (χ1) is 9.61. The zero-order valence-corrected chi connectivity index (χ0v) is 11.3. The molecule has 1 heterocycles. The van der Waals surface area contributed by atoms with Crippen molar-refractivity contribution < 1.29 is 9.53 Å². The lowest BCUT2D eigenvalue weighted by atomic mass is 10.1. The fraction of sp³-hybridized carbons (Fsp3) is 0.167. The van der Waals surface area contributed by atoms with Crippen LogP contribution in [0.3, 0.4) is 0 Å². The van der Waals surface area contributed by atoms with E-state index in [1.54, 1.807) is 36.1 Å². The van der Waals surface area contributed by atoms with Crippen LogP contribution in [0.2, 0.25) is 5.02 Å². The normalized spacial score (nSPS) is 9.90. The summed E-state index contributed by atoms with van der Waals surface area (Å²) >= 11 is 6.05. The number of aromatic nitrogens is 2. The first-order valence-corrected chi connectivity index (χ1v) is 5.99. The molecule has 0 aliphatic heterocycles. The van der Waals surface area contributed by atoms with Crippen LogP contribution >= 0.6 is 11.6 Å². The maximum atomic E-state index is 11.7. The molecular weight excluding hydrogens is 282 g/mol. The lowest BCUT2D eigenvalue weighted by Gasteiger charge is -2.09. The maximum Gasteiger partial charge on any atom is 0.249 e. The van der Waals surface area contributed by atoms with Crippen LogP contribution in [-0.4, -0.2) is 15.7 Å². The molecule has 8 heteroatoms. The van der Waals surface area contributed by atoms with Crippen LogP contribution in [0.25, 0.3) is 10.4 Å². The van der Waals surface area contributed by atoms with Gasteiger partial charge in [0.25, 0.3) is 0 Å². The molecule has 0 atom stereocenters. The van der Waals surface area contributed by atoms with Crippen LogP contribution in [0.15, 0.2) is 35.6 Å². The lowest BCUT2D eigenvalue weighted by molar-refractivity contribution is 0.0998. The Morgan fingerprint density at radius 2 is 2.35 bits per heavy atom. The Bertz CT molecular complexity index is 691. The first kappa shape index (κ1) is 13.9. The minimum atomic E-state index is -0.699. The zero-order chi connectivity index (χ0) is 14.5. The predicted molar refractivity (Wildman–Crippen MR) is 72.5 cm³/mol. The molecule has 0 radical (unpaired) electrons. The van der Waals surface area contributed by atoms with Gasteiger partial charge in [-0.1, -0.05) is 23.7 Å². The number of halogens is 1. The second kappa shape index (κ2) is 6.10. The predicted octanol–water partition coefficient (Wildman–Crippen LogP) is 3.10. The highest BCUT2D eigenvalue weighted by atomic mass is 35.5. The van der Waals surface area contributed by atoms with E-state index in [2.05, 4.69) is 15.1 Å². The number of carbonyl (C=O) groups excluding carboxylic acids is 1. The van der Waals surface area contributed by atoms with Gasteiger partial charge in [0, 0.05) is 40.4 Å². The van der Waals surface area contributed by atoms with Gasteiger partial charge in [-0.3, -0.25) is 9.48 Å². The first-order valence-electron chi connectivity index (χ1n) is 5.61. The summed E-state index contributed by atoms with van der Waals surface area (Å²) in [5, 5.41) is 7.48. The number of amides is 1. The number of rotatable bonds is 4. The van der Waals surface area contributed by atoms with Gasteiger partial charge < -0.3 is 4.74 Å². The average Bonchev–Trinajstić information content (AvgIpc) is 2.83. The van der Waals surface area contributed by atoms with E-state index in [9.17, 15) is 4.79 Å². The molecule has 0 bridgehead atoms. The van der Waals surface area contributed by atoms with Crippen LogP contribution in [0.5, 0.6) is 5.88 Å². The second-order valence-corrected chi connectivity index (χ2v) is 4.28. The summed E-state index contributed by atoms with van der Waals surface area (Å²) in [6, 6.07) is 6.45. The fourth-order valence-corrected chi connectivity index (χ4v) is 1.85. The number of carbonyl (C=O) groups is 1. The van der Waals surface area contributed by atoms with E-state index in [-0.39, 0.29) is 12.2 Å². The van der Waals surface area contributed by atoms with Crippen molar-refractivity contribution in [2.75, 3.05) is 0 Å². The molecule has 1 aromatic heterocycles. The molecular formula is C12H10ClN5O2. The van der Waals surface area contributed by atoms with Crippen molar-refractivity contribution in [1.29, 1.82) is 0 Å². The Morgan fingerprint density at radius 1 is 1.55 bits per heavy atom. The van der Waals surface area contributed by atoms with Crippen molar-refractivity contribution in [3.05, 3.63) is 57.1 Å². The number of aryl methyl sites for hydroxylation is 1. The molecule has 0 aliphatic rings. The molecule has 2 rings (SSSR count). The summed E-state index contributed by atoms with van der Waals surface area (Å²) in [4.78, 5) is 14.2. The summed E-state index contributed by atoms with van der Waals surface area (Å²) in [6.45, 7) is 0.0543. The van der Waals surface area contributed by atoms with Crippen LogP contribution in [0.4, 0.5) is 0 Å². The van der Waals surface area contributed by atoms with Crippen LogP contribution < -0.4 is 4.74 Å². The summed E-state index contributed by atoms with van der Waals surface area (Å²) < 4.78 is 7.05. The van der Waals surface area contributed by atoms with Gasteiger partial charge in [0.1, 0.15) is 6.61 Å². The minimum absolute atomic E-state index is 0.0543. The zero-order valence-electron chi connectivity index (χ0n) is 10.5. The Balaban J connectivity index is 2.25. The topological polar surface area (TPSA) is 92.9 Å². The summed E-state index contributed by atoms with van der Waals surface area (Å²) in [5.74, 6) is -0.288. The SMILES string of the molecule is Cn1ccc(OCc2c(Cl)cccc2C(=O)N=[N+]=[N-])n1. The van der Waals surface area contributed by atoms with Gasteiger partial charge in [-0.15, -0.1) is 5.10 Å². The van der Waals surface area contributed by atoms with E-state index < -0.39 is 5.91 Å². The average molecular weight is 292 g/mol. The molecule has 7 nitrogen and oxygen atoms in total. The van der Waals surface area contributed by atoms with Crippen LogP contribution in [0.1, 0.15) is 15.9 Å². The van der Waals surface area contributed by atoms with E-state index in [1.807, 2.05) is 0 Å². The molecule has 0 saturated carbocycles.